The zero-order valence-corrected chi connectivity index (χ0v) is 13.4. The molecule has 0 unspecified atom stereocenters. The summed E-state index contributed by atoms with van der Waals surface area (Å²) in [5, 5.41) is 3.96. The minimum absolute atomic E-state index is 0.196. The normalized spacial score (nSPS) is 18.0. The molecule has 4 nitrogen and oxygen atoms in total. The first-order chi connectivity index (χ1) is 10.6. The summed E-state index contributed by atoms with van der Waals surface area (Å²) in [5.41, 5.74) is 1.41. The van der Waals surface area contributed by atoms with Gasteiger partial charge in [0.15, 0.2) is 5.17 Å². The number of aromatic nitrogens is 1. The highest BCUT2D eigenvalue weighted by Crippen LogP contribution is 2.34. The van der Waals surface area contributed by atoms with Crippen molar-refractivity contribution in [1.82, 2.24) is 10.3 Å². The Kier molecular flexibility index (Phi) is 4.47. The maximum absolute atomic E-state index is 12.0. The molecule has 0 spiro atoms. The van der Waals surface area contributed by atoms with Crippen molar-refractivity contribution >= 4 is 57.8 Å². The number of hydrogen-bond donors (Lipinski definition) is 1. The van der Waals surface area contributed by atoms with Gasteiger partial charge in [0.25, 0.3) is 5.91 Å². The van der Waals surface area contributed by atoms with E-state index in [1.807, 2.05) is 12.1 Å². The van der Waals surface area contributed by atoms with Crippen molar-refractivity contribution < 1.29 is 4.79 Å². The summed E-state index contributed by atoms with van der Waals surface area (Å²) in [4.78, 5) is 20.8. The van der Waals surface area contributed by atoms with Crippen LogP contribution >= 0.6 is 35.0 Å². The molecule has 0 radical (unpaired) electrons. The number of halogens is 2. The van der Waals surface area contributed by atoms with Crippen LogP contribution in [0.3, 0.4) is 0 Å². The number of thioether (sulfide) groups is 1. The smallest absolute Gasteiger partial charge is 0.264 e. The van der Waals surface area contributed by atoms with Crippen LogP contribution in [0.15, 0.2) is 52.6 Å². The lowest BCUT2D eigenvalue weighted by atomic mass is 10.2. The average Bonchev–Trinajstić information content (AvgIpc) is 2.85. The van der Waals surface area contributed by atoms with E-state index in [-0.39, 0.29) is 5.91 Å². The van der Waals surface area contributed by atoms with Gasteiger partial charge in [-0.15, -0.1) is 0 Å². The SMILES string of the molecule is O=C1NC(=Nc2cccc(Cl)c2Cl)S/C1=C\c1ccncc1. The van der Waals surface area contributed by atoms with Gasteiger partial charge in [-0.25, -0.2) is 4.99 Å². The van der Waals surface area contributed by atoms with E-state index in [0.717, 1.165) is 5.56 Å². The number of benzene rings is 1. The first kappa shape index (κ1) is 15.1. The number of nitrogens with zero attached hydrogens (tertiary/aromatic N) is 2. The molecule has 3 rings (SSSR count). The molecule has 1 aromatic heterocycles. The molecule has 0 bridgehead atoms. The van der Waals surface area contributed by atoms with E-state index in [9.17, 15) is 4.79 Å². The number of carbonyl (C=O) groups excluding carboxylic acids is 1. The molecule has 110 valence electrons. The predicted molar refractivity (Wildman–Crippen MR) is 91.5 cm³/mol. The minimum Gasteiger partial charge on any atom is -0.300 e. The molecule has 2 heterocycles. The number of hydrogen-bond acceptors (Lipinski definition) is 4. The first-order valence-electron chi connectivity index (χ1n) is 6.27. The van der Waals surface area contributed by atoms with E-state index in [4.69, 9.17) is 23.2 Å². The molecule has 1 saturated heterocycles. The second-order valence-corrected chi connectivity index (χ2v) is 6.15. The van der Waals surface area contributed by atoms with Gasteiger partial charge in [0.1, 0.15) is 0 Å². The predicted octanol–water partition coefficient (Wildman–Crippen LogP) is 4.28. The minimum atomic E-state index is -0.196. The number of pyridine rings is 1. The summed E-state index contributed by atoms with van der Waals surface area (Å²) < 4.78 is 0. The van der Waals surface area contributed by atoms with Crippen molar-refractivity contribution in [2.45, 2.75) is 0 Å². The Bertz CT molecular complexity index is 791. The lowest BCUT2D eigenvalue weighted by Crippen LogP contribution is -2.19. The third kappa shape index (κ3) is 3.32. The molecule has 1 aromatic carbocycles. The lowest BCUT2D eigenvalue weighted by molar-refractivity contribution is -0.115. The third-order valence-corrected chi connectivity index (χ3v) is 4.53. The van der Waals surface area contributed by atoms with Gasteiger partial charge < -0.3 is 5.32 Å². The van der Waals surface area contributed by atoms with Crippen LogP contribution in [-0.2, 0) is 4.79 Å². The van der Waals surface area contributed by atoms with Crippen LogP contribution in [0.2, 0.25) is 10.0 Å². The second kappa shape index (κ2) is 6.52. The van der Waals surface area contributed by atoms with Crippen LogP contribution in [0.1, 0.15) is 5.56 Å². The molecule has 1 N–H and O–H groups in total. The highest BCUT2D eigenvalue weighted by Gasteiger charge is 2.24. The number of rotatable bonds is 2. The molecule has 7 heteroatoms. The summed E-state index contributed by atoms with van der Waals surface area (Å²) in [5.74, 6) is -0.196. The standard InChI is InChI=1S/C15H9Cl2N3OS/c16-10-2-1-3-11(13(10)17)19-15-20-14(21)12(22-15)8-9-4-6-18-7-5-9/h1-8H,(H,19,20,21)/b12-8-. The zero-order chi connectivity index (χ0) is 15.5. The topological polar surface area (TPSA) is 54.4 Å². The average molecular weight is 350 g/mol. The van der Waals surface area contributed by atoms with Crippen molar-refractivity contribution in [1.29, 1.82) is 0 Å². The summed E-state index contributed by atoms with van der Waals surface area (Å²) >= 11 is 13.3. The van der Waals surface area contributed by atoms with Gasteiger partial charge in [0.05, 0.1) is 20.6 Å². The van der Waals surface area contributed by atoms with Crippen LogP contribution in [0.5, 0.6) is 0 Å². The maximum Gasteiger partial charge on any atom is 0.264 e. The van der Waals surface area contributed by atoms with E-state index >= 15 is 0 Å². The Morgan fingerprint density at radius 2 is 1.95 bits per heavy atom. The Morgan fingerprint density at radius 3 is 2.73 bits per heavy atom. The molecular weight excluding hydrogens is 341 g/mol. The van der Waals surface area contributed by atoms with E-state index < -0.39 is 0 Å². The fraction of sp³-hybridized carbons (Fsp3) is 0. The molecule has 0 saturated carbocycles. The fourth-order valence-corrected chi connectivity index (χ4v) is 2.95. The van der Waals surface area contributed by atoms with Gasteiger partial charge in [0, 0.05) is 12.4 Å². The van der Waals surface area contributed by atoms with Gasteiger partial charge in [-0.1, -0.05) is 29.3 Å². The van der Waals surface area contributed by atoms with Crippen LogP contribution in [0.4, 0.5) is 5.69 Å². The van der Waals surface area contributed by atoms with E-state index in [0.29, 0.717) is 25.8 Å². The quantitative estimate of drug-likeness (QED) is 0.823. The second-order valence-electron chi connectivity index (χ2n) is 4.34. The molecule has 22 heavy (non-hydrogen) atoms. The third-order valence-electron chi connectivity index (χ3n) is 2.81. The van der Waals surface area contributed by atoms with Gasteiger partial charge >= 0.3 is 0 Å². The Hall–Kier alpha value is -1.82. The van der Waals surface area contributed by atoms with Crippen molar-refractivity contribution in [3.05, 3.63) is 63.2 Å². The molecule has 1 fully saturated rings. The molecule has 1 aliphatic heterocycles. The summed E-state index contributed by atoms with van der Waals surface area (Å²) in [6.07, 6.45) is 5.12. The molecule has 1 aliphatic rings. The Labute approximate surface area is 141 Å². The van der Waals surface area contributed by atoms with E-state index in [1.54, 1.807) is 36.7 Å². The van der Waals surface area contributed by atoms with Crippen molar-refractivity contribution in [3.8, 4) is 0 Å². The summed E-state index contributed by atoms with van der Waals surface area (Å²) in [6.45, 7) is 0. The molecule has 0 atom stereocenters. The highest BCUT2D eigenvalue weighted by atomic mass is 35.5. The van der Waals surface area contributed by atoms with Gasteiger partial charge in [0.2, 0.25) is 0 Å². The largest absolute Gasteiger partial charge is 0.300 e. The number of amides is 1. The number of carbonyl (C=O) groups is 1. The highest BCUT2D eigenvalue weighted by molar-refractivity contribution is 8.18. The maximum atomic E-state index is 12.0. The van der Waals surface area contributed by atoms with E-state index in [1.165, 1.54) is 11.8 Å². The first-order valence-corrected chi connectivity index (χ1v) is 7.84. The number of aliphatic imine (C=N–C) groups is 1. The molecular formula is C15H9Cl2N3OS. The molecule has 1 amide bonds. The van der Waals surface area contributed by atoms with Gasteiger partial charge in [-0.3, -0.25) is 9.78 Å². The molecule has 0 aliphatic carbocycles. The van der Waals surface area contributed by atoms with Gasteiger partial charge in [-0.2, -0.15) is 0 Å². The van der Waals surface area contributed by atoms with Crippen LogP contribution in [-0.4, -0.2) is 16.1 Å². The summed E-state index contributed by atoms with van der Waals surface area (Å²) in [6, 6.07) is 8.82. The monoisotopic (exact) mass is 349 g/mol. The lowest BCUT2D eigenvalue weighted by Gasteiger charge is -2.00. The number of amidine groups is 1. The zero-order valence-electron chi connectivity index (χ0n) is 11.1. The van der Waals surface area contributed by atoms with Crippen LogP contribution in [0.25, 0.3) is 6.08 Å². The molecule has 2 aromatic rings. The Balaban J connectivity index is 1.87. The number of nitrogens with one attached hydrogen (secondary N) is 1. The summed E-state index contributed by atoms with van der Waals surface area (Å²) in [7, 11) is 0. The fourth-order valence-electron chi connectivity index (χ4n) is 1.78. The van der Waals surface area contributed by atoms with Crippen molar-refractivity contribution in [2.24, 2.45) is 4.99 Å². The Morgan fingerprint density at radius 1 is 1.18 bits per heavy atom. The van der Waals surface area contributed by atoms with Crippen LogP contribution < -0.4 is 5.32 Å². The van der Waals surface area contributed by atoms with Gasteiger partial charge in [-0.05, 0) is 47.7 Å². The van der Waals surface area contributed by atoms with Crippen LogP contribution in [0, 0.1) is 0 Å². The van der Waals surface area contributed by atoms with Crippen molar-refractivity contribution in [2.75, 3.05) is 0 Å². The van der Waals surface area contributed by atoms with E-state index in [2.05, 4.69) is 15.3 Å². The van der Waals surface area contributed by atoms with Crippen molar-refractivity contribution in [3.63, 3.8) is 0 Å².